The van der Waals surface area contributed by atoms with E-state index < -0.39 is 43.9 Å². The Morgan fingerprint density at radius 1 is 0.800 bits per heavy atom. The van der Waals surface area contributed by atoms with E-state index in [4.69, 9.17) is 0 Å². The highest BCUT2D eigenvalue weighted by molar-refractivity contribution is 7.92. The highest BCUT2D eigenvalue weighted by atomic mass is 32.2. The lowest BCUT2D eigenvalue weighted by Gasteiger charge is -2.09. The minimum absolute atomic E-state index is 0.457. The van der Waals surface area contributed by atoms with Crippen LogP contribution in [0.5, 0.6) is 0 Å². The van der Waals surface area contributed by atoms with Crippen molar-refractivity contribution in [3.05, 3.63) is 59.7 Å². The summed E-state index contributed by atoms with van der Waals surface area (Å²) in [5, 5.41) is 0. The smallest absolute Gasteiger partial charge is 0.265 e. The van der Waals surface area contributed by atoms with Crippen LogP contribution in [0.2, 0.25) is 0 Å². The molecular formula is C12H7F4NO2S. The normalized spacial score (nSPS) is 11.4. The van der Waals surface area contributed by atoms with E-state index >= 15 is 0 Å². The van der Waals surface area contributed by atoms with Gasteiger partial charge in [0.05, 0.1) is 5.69 Å². The maximum Gasteiger partial charge on any atom is 0.265 e. The van der Waals surface area contributed by atoms with Crippen LogP contribution in [0, 0.1) is 23.3 Å². The van der Waals surface area contributed by atoms with Gasteiger partial charge in [-0.15, -0.1) is 0 Å². The fourth-order valence-corrected chi connectivity index (χ4v) is 2.61. The first kappa shape index (κ1) is 14.3. The molecule has 2 aromatic carbocycles. The van der Waals surface area contributed by atoms with Gasteiger partial charge in [0.1, 0.15) is 28.2 Å². The second kappa shape index (κ2) is 5.12. The number of hydrogen-bond donors (Lipinski definition) is 1. The average Bonchev–Trinajstić information content (AvgIpc) is 2.35. The van der Waals surface area contributed by atoms with E-state index in [2.05, 4.69) is 0 Å². The summed E-state index contributed by atoms with van der Waals surface area (Å²) in [5.74, 6) is -4.24. The van der Waals surface area contributed by atoms with Gasteiger partial charge in [-0.25, -0.2) is 26.0 Å². The van der Waals surface area contributed by atoms with E-state index in [-0.39, 0.29) is 0 Å². The van der Waals surface area contributed by atoms with Crippen LogP contribution in [0.1, 0.15) is 0 Å². The summed E-state index contributed by atoms with van der Waals surface area (Å²) in [7, 11) is -4.53. The maximum absolute atomic E-state index is 13.4. The Bertz CT molecular complexity index is 762. The summed E-state index contributed by atoms with van der Waals surface area (Å²) in [6.07, 6.45) is 0. The molecule has 0 radical (unpaired) electrons. The van der Waals surface area contributed by atoms with Crippen molar-refractivity contribution in [2.45, 2.75) is 4.90 Å². The molecule has 0 unspecified atom stereocenters. The second-order valence-corrected chi connectivity index (χ2v) is 5.46. The Labute approximate surface area is 111 Å². The Morgan fingerprint density at radius 3 is 2.05 bits per heavy atom. The number of nitrogens with one attached hydrogen (secondary N) is 1. The summed E-state index contributed by atoms with van der Waals surface area (Å²) in [4.78, 5) is -0.971. The molecule has 0 amide bonds. The number of halogens is 4. The molecule has 0 fully saturated rings. The second-order valence-electron chi connectivity index (χ2n) is 3.80. The highest BCUT2D eigenvalue weighted by Gasteiger charge is 2.21. The molecule has 1 N–H and O–H groups in total. The fraction of sp³-hybridized carbons (Fsp3) is 0. The molecule has 0 bridgehead atoms. The first-order chi connectivity index (χ1) is 9.29. The van der Waals surface area contributed by atoms with Crippen LogP contribution < -0.4 is 4.72 Å². The van der Waals surface area contributed by atoms with Gasteiger partial charge in [0, 0.05) is 6.07 Å². The van der Waals surface area contributed by atoms with E-state index in [1.54, 1.807) is 4.72 Å². The van der Waals surface area contributed by atoms with E-state index in [1.807, 2.05) is 0 Å². The van der Waals surface area contributed by atoms with Gasteiger partial charge < -0.3 is 0 Å². The molecular weight excluding hydrogens is 298 g/mol. The Morgan fingerprint density at radius 2 is 1.40 bits per heavy atom. The summed E-state index contributed by atoms with van der Waals surface area (Å²) in [6, 6.07) is 3.94. The average molecular weight is 305 g/mol. The Balaban J connectivity index is 2.43. The molecule has 2 rings (SSSR count). The molecule has 0 saturated heterocycles. The van der Waals surface area contributed by atoms with Crippen molar-refractivity contribution in [2.24, 2.45) is 0 Å². The van der Waals surface area contributed by atoms with E-state index in [0.29, 0.717) is 18.2 Å². The van der Waals surface area contributed by atoms with Gasteiger partial charge in [-0.3, -0.25) is 4.72 Å². The maximum atomic E-state index is 13.4. The van der Waals surface area contributed by atoms with Crippen molar-refractivity contribution in [3.8, 4) is 0 Å². The predicted octanol–water partition coefficient (Wildman–Crippen LogP) is 3.04. The van der Waals surface area contributed by atoms with Crippen LogP contribution in [-0.4, -0.2) is 8.42 Å². The summed E-state index contributed by atoms with van der Waals surface area (Å²) in [6.45, 7) is 0. The lowest BCUT2D eigenvalue weighted by Crippen LogP contribution is -2.16. The zero-order valence-electron chi connectivity index (χ0n) is 9.70. The molecule has 0 aliphatic carbocycles. The standard InChI is InChI=1S/C12H7F4NO2S/c13-7-2-4-11(10(16)5-7)17-20(18,19)12-6-8(14)1-3-9(12)15/h1-6,17H. The minimum Gasteiger partial charge on any atom is -0.277 e. The SMILES string of the molecule is O=S(=O)(Nc1ccc(F)cc1F)c1cc(F)ccc1F. The minimum atomic E-state index is -4.53. The predicted molar refractivity (Wildman–Crippen MR) is 63.5 cm³/mol. The molecule has 3 nitrogen and oxygen atoms in total. The van der Waals surface area contributed by atoms with Crippen LogP contribution in [0.15, 0.2) is 41.3 Å². The molecule has 0 heterocycles. The monoisotopic (exact) mass is 305 g/mol. The zero-order valence-corrected chi connectivity index (χ0v) is 10.5. The van der Waals surface area contributed by atoms with Crippen LogP contribution >= 0.6 is 0 Å². The summed E-state index contributed by atoms with van der Waals surface area (Å²) < 4.78 is 77.8. The molecule has 0 spiro atoms. The van der Waals surface area contributed by atoms with Gasteiger partial charge >= 0.3 is 0 Å². The molecule has 2 aromatic rings. The zero-order chi connectivity index (χ0) is 14.9. The van der Waals surface area contributed by atoms with Crippen molar-refractivity contribution in [2.75, 3.05) is 4.72 Å². The third-order valence-electron chi connectivity index (χ3n) is 2.36. The van der Waals surface area contributed by atoms with Crippen LogP contribution in [0.4, 0.5) is 23.2 Å². The molecule has 0 aliphatic rings. The van der Waals surface area contributed by atoms with Crippen molar-refractivity contribution in [1.82, 2.24) is 0 Å². The van der Waals surface area contributed by atoms with E-state index in [0.717, 1.165) is 18.2 Å². The molecule has 0 saturated carbocycles. The lowest BCUT2D eigenvalue weighted by atomic mass is 10.3. The molecule has 0 aliphatic heterocycles. The van der Waals surface area contributed by atoms with Gasteiger partial charge in [-0.1, -0.05) is 0 Å². The molecule has 20 heavy (non-hydrogen) atoms. The number of hydrogen-bond acceptors (Lipinski definition) is 2. The van der Waals surface area contributed by atoms with E-state index in [1.165, 1.54) is 0 Å². The molecule has 8 heteroatoms. The first-order valence-corrected chi connectivity index (χ1v) is 6.71. The van der Waals surface area contributed by atoms with Gasteiger partial charge in [0.25, 0.3) is 10.0 Å². The summed E-state index contributed by atoms with van der Waals surface area (Å²) >= 11 is 0. The molecule has 106 valence electrons. The van der Waals surface area contributed by atoms with Gasteiger partial charge in [0.15, 0.2) is 0 Å². The van der Waals surface area contributed by atoms with Crippen molar-refractivity contribution < 1.29 is 26.0 Å². The number of benzene rings is 2. The lowest BCUT2D eigenvalue weighted by molar-refractivity contribution is 0.554. The van der Waals surface area contributed by atoms with Gasteiger partial charge in [-0.2, -0.15) is 0 Å². The van der Waals surface area contributed by atoms with Gasteiger partial charge in [-0.05, 0) is 30.3 Å². The Hall–Kier alpha value is -2.09. The van der Waals surface area contributed by atoms with Crippen LogP contribution in [0.3, 0.4) is 0 Å². The van der Waals surface area contributed by atoms with Crippen molar-refractivity contribution in [1.29, 1.82) is 0 Å². The molecule has 0 aromatic heterocycles. The largest absolute Gasteiger partial charge is 0.277 e. The summed E-state index contributed by atoms with van der Waals surface area (Å²) in [5.41, 5.74) is -0.574. The highest BCUT2D eigenvalue weighted by Crippen LogP contribution is 2.22. The van der Waals surface area contributed by atoms with Gasteiger partial charge in [0.2, 0.25) is 0 Å². The van der Waals surface area contributed by atoms with Crippen molar-refractivity contribution >= 4 is 15.7 Å². The first-order valence-electron chi connectivity index (χ1n) is 5.22. The topological polar surface area (TPSA) is 46.2 Å². The van der Waals surface area contributed by atoms with E-state index in [9.17, 15) is 26.0 Å². The third-order valence-corrected chi connectivity index (χ3v) is 3.74. The van der Waals surface area contributed by atoms with Crippen molar-refractivity contribution in [3.63, 3.8) is 0 Å². The van der Waals surface area contributed by atoms with Crippen LogP contribution in [0.25, 0.3) is 0 Å². The number of sulfonamides is 1. The van der Waals surface area contributed by atoms with Crippen LogP contribution in [-0.2, 0) is 10.0 Å². The third kappa shape index (κ3) is 2.90. The quantitative estimate of drug-likeness (QED) is 0.886. The molecule has 0 atom stereocenters. The number of rotatable bonds is 3. The fourth-order valence-electron chi connectivity index (χ4n) is 1.46. The number of anilines is 1. The Kier molecular flexibility index (Phi) is 3.67.